The molecule has 1 aliphatic carbocycles. The predicted octanol–water partition coefficient (Wildman–Crippen LogP) is 5.02. The Morgan fingerprint density at radius 3 is 2.46 bits per heavy atom. The third-order valence-electron chi connectivity index (χ3n) is 8.34. The maximum Gasteiger partial charge on any atom is 0.276 e. The SMILES string of the molecule is Cc1cccc2c1N(C(=O)C1CCCCC1)CCCN(C(C)C)CCN(C(=O)c1noc(C)c1CN(C)C)C2. The van der Waals surface area contributed by atoms with Crippen molar-refractivity contribution in [2.24, 2.45) is 5.92 Å². The molecule has 0 N–H and O–H groups in total. The van der Waals surface area contributed by atoms with E-state index in [1.807, 2.05) is 36.9 Å². The van der Waals surface area contributed by atoms with Crippen LogP contribution in [0.2, 0.25) is 0 Å². The summed E-state index contributed by atoms with van der Waals surface area (Å²) in [5.41, 5.74) is 4.29. The van der Waals surface area contributed by atoms with Crippen molar-refractivity contribution in [3.05, 3.63) is 46.3 Å². The highest BCUT2D eigenvalue weighted by atomic mass is 16.5. The number of anilines is 1. The van der Waals surface area contributed by atoms with Crippen molar-refractivity contribution < 1.29 is 14.1 Å². The van der Waals surface area contributed by atoms with Gasteiger partial charge in [0.25, 0.3) is 5.91 Å². The maximum absolute atomic E-state index is 14.1. The second kappa shape index (κ2) is 13.1. The van der Waals surface area contributed by atoms with Gasteiger partial charge in [-0.2, -0.15) is 0 Å². The monoisotopic (exact) mass is 537 g/mol. The average molecular weight is 538 g/mol. The Kier molecular flexibility index (Phi) is 9.83. The van der Waals surface area contributed by atoms with Gasteiger partial charge in [0.15, 0.2) is 5.69 Å². The molecule has 1 aromatic heterocycles. The molecule has 2 heterocycles. The number of aromatic nitrogens is 1. The van der Waals surface area contributed by atoms with E-state index in [-0.39, 0.29) is 17.7 Å². The molecule has 2 aromatic rings. The van der Waals surface area contributed by atoms with Gasteiger partial charge >= 0.3 is 0 Å². The molecule has 2 aliphatic rings. The van der Waals surface area contributed by atoms with Crippen molar-refractivity contribution in [2.75, 3.05) is 45.2 Å². The van der Waals surface area contributed by atoms with Crippen molar-refractivity contribution >= 4 is 17.5 Å². The third kappa shape index (κ3) is 6.90. The first-order valence-electron chi connectivity index (χ1n) is 14.7. The van der Waals surface area contributed by atoms with Gasteiger partial charge in [-0.15, -0.1) is 0 Å². The molecule has 1 fully saturated rings. The van der Waals surface area contributed by atoms with Gasteiger partial charge in [0, 0.05) is 56.8 Å². The number of amides is 2. The Morgan fingerprint density at radius 2 is 1.77 bits per heavy atom. The molecular weight excluding hydrogens is 490 g/mol. The van der Waals surface area contributed by atoms with Crippen LogP contribution in [0.5, 0.6) is 0 Å². The summed E-state index contributed by atoms with van der Waals surface area (Å²) in [6.07, 6.45) is 6.31. The van der Waals surface area contributed by atoms with Gasteiger partial charge in [-0.25, -0.2) is 0 Å². The van der Waals surface area contributed by atoms with E-state index < -0.39 is 0 Å². The molecule has 2 amide bonds. The summed E-state index contributed by atoms with van der Waals surface area (Å²) < 4.78 is 5.51. The molecule has 0 bridgehead atoms. The lowest BCUT2D eigenvalue weighted by Crippen LogP contribution is -2.42. The number of benzene rings is 1. The van der Waals surface area contributed by atoms with E-state index in [4.69, 9.17) is 4.52 Å². The third-order valence-corrected chi connectivity index (χ3v) is 8.34. The number of fused-ring (bicyclic) bond motifs is 1. The zero-order chi connectivity index (χ0) is 28.1. The van der Waals surface area contributed by atoms with Crippen LogP contribution in [0.25, 0.3) is 0 Å². The van der Waals surface area contributed by atoms with E-state index in [0.29, 0.717) is 43.7 Å². The Labute approximate surface area is 234 Å². The van der Waals surface area contributed by atoms with Crippen LogP contribution in [0.15, 0.2) is 22.7 Å². The summed E-state index contributed by atoms with van der Waals surface area (Å²) in [6, 6.07) is 6.55. The van der Waals surface area contributed by atoms with Gasteiger partial charge in [-0.3, -0.25) is 14.5 Å². The summed E-state index contributed by atoms with van der Waals surface area (Å²) >= 11 is 0. The highest BCUT2D eigenvalue weighted by molar-refractivity contribution is 5.97. The van der Waals surface area contributed by atoms with Crippen LogP contribution in [0.4, 0.5) is 5.69 Å². The predicted molar refractivity (Wildman–Crippen MR) is 155 cm³/mol. The molecule has 39 heavy (non-hydrogen) atoms. The second-order valence-electron chi connectivity index (χ2n) is 11.9. The number of nitrogens with zero attached hydrogens (tertiary/aromatic N) is 5. The van der Waals surface area contributed by atoms with Gasteiger partial charge in [-0.05, 0) is 72.2 Å². The zero-order valence-corrected chi connectivity index (χ0v) is 24.8. The molecular formula is C31H47N5O3. The van der Waals surface area contributed by atoms with Gasteiger partial charge in [0.05, 0.1) is 5.69 Å². The fourth-order valence-corrected chi connectivity index (χ4v) is 6.11. The Bertz CT molecular complexity index is 1140. The number of carbonyl (C=O) groups is 2. The molecule has 8 nitrogen and oxygen atoms in total. The highest BCUT2D eigenvalue weighted by Crippen LogP contribution is 2.33. The van der Waals surface area contributed by atoms with Crippen molar-refractivity contribution in [1.29, 1.82) is 0 Å². The first-order chi connectivity index (χ1) is 18.7. The van der Waals surface area contributed by atoms with Crippen LogP contribution >= 0.6 is 0 Å². The topological polar surface area (TPSA) is 73.1 Å². The summed E-state index contributed by atoms with van der Waals surface area (Å²) in [6.45, 7) is 12.3. The first kappa shape index (κ1) is 29.3. The number of carbonyl (C=O) groups excluding carboxylic acids is 2. The lowest BCUT2D eigenvalue weighted by molar-refractivity contribution is -0.123. The minimum Gasteiger partial charge on any atom is -0.361 e. The molecule has 1 aromatic carbocycles. The van der Waals surface area contributed by atoms with E-state index in [1.54, 1.807) is 0 Å². The Hall–Kier alpha value is -2.71. The quantitative estimate of drug-likeness (QED) is 0.533. The number of rotatable bonds is 5. The molecule has 0 spiro atoms. The fourth-order valence-electron chi connectivity index (χ4n) is 6.11. The van der Waals surface area contributed by atoms with E-state index in [0.717, 1.165) is 67.6 Å². The highest BCUT2D eigenvalue weighted by Gasteiger charge is 2.32. The van der Waals surface area contributed by atoms with Crippen LogP contribution in [-0.2, 0) is 17.9 Å². The average Bonchev–Trinajstić information content (AvgIpc) is 3.24. The van der Waals surface area contributed by atoms with Gasteiger partial charge in [0.2, 0.25) is 5.91 Å². The molecule has 0 unspecified atom stereocenters. The van der Waals surface area contributed by atoms with Crippen molar-refractivity contribution in [3.63, 3.8) is 0 Å². The van der Waals surface area contributed by atoms with Crippen LogP contribution in [-0.4, -0.2) is 78.0 Å². The molecule has 0 saturated heterocycles. The number of hydrogen-bond donors (Lipinski definition) is 0. The lowest BCUT2D eigenvalue weighted by atomic mass is 9.87. The van der Waals surface area contributed by atoms with E-state index in [2.05, 4.69) is 47.9 Å². The number of hydrogen-bond acceptors (Lipinski definition) is 6. The molecule has 1 aliphatic heterocycles. The lowest BCUT2D eigenvalue weighted by Gasteiger charge is -2.33. The number of para-hydroxylation sites is 1. The standard InChI is InChI=1S/C31H47N5O3/c1-22(2)34-16-11-17-36(30(37)25-13-8-7-9-14-25)29-23(3)12-10-15-26(29)20-35(19-18-34)31(38)28-27(21-33(5)6)24(4)39-32-28/h10,12,15,22,25H,7-9,11,13-14,16-21H2,1-6H3. The van der Waals surface area contributed by atoms with E-state index >= 15 is 0 Å². The minimum absolute atomic E-state index is 0.0852. The van der Waals surface area contributed by atoms with E-state index in [1.165, 1.54) is 6.42 Å². The molecule has 214 valence electrons. The molecule has 1 saturated carbocycles. The fraction of sp³-hybridized carbons (Fsp3) is 0.645. The van der Waals surface area contributed by atoms with Crippen molar-refractivity contribution in [1.82, 2.24) is 19.9 Å². The molecule has 4 rings (SSSR count). The smallest absolute Gasteiger partial charge is 0.276 e. The second-order valence-corrected chi connectivity index (χ2v) is 11.9. The van der Waals surface area contributed by atoms with Crippen LogP contribution in [0.1, 0.15) is 85.3 Å². The largest absolute Gasteiger partial charge is 0.361 e. The van der Waals surface area contributed by atoms with Crippen LogP contribution in [0, 0.1) is 19.8 Å². The van der Waals surface area contributed by atoms with Gasteiger partial charge < -0.3 is 19.2 Å². The van der Waals surface area contributed by atoms with Crippen LogP contribution in [0.3, 0.4) is 0 Å². The van der Waals surface area contributed by atoms with Crippen molar-refractivity contribution in [2.45, 2.75) is 85.4 Å². The number of aryl methyl sites for hydroxylation is 2. The van der Waals surface area contributed by atoms with Crippen molar-refractivity contribution in [3.8, 4) is 0 Å². The summed E-state index contributed by atoms with van der Waals surface area (Å²) in [5.74, 6) is 0.888. The maximum atomic E-state index is 14.1. The van der Waals surface area contributed by atoms with Gasteiger partial charge in [0.1, 0.15) is 5.76 Å². The molecule has 0 radical (unpaired) electrons. The Morgan fingerprint density at radius 1 is 1.03 bits per heavy atom. The Balaban J connectivity index is 1.74. The summed E-state index contributed by atoms with van der Waals surface area (Å²) in [5, 5.41) is 4.22. The molecule has 8 heteroatoms. The minimum atomic E-state index is -0.121. The zero-order valence-electron chi connectivity index (χ0n) is 24.8. The normalized spacial score (nSPS) is 18.4. The first-order valence-corrected chi connectivity index (χ1v) is 14.7. The molecule has 0 atom stereocenters. The summed E-state index contributed by atoms with van der Waals surface area (Å²) in [7, 11) is 3.96. The van der Waals surface area contributed by atoms with Crippen LogP contribution < -0.4 is 4.90 Å². The van der Waals surface area contributed by atoms with Gasteiger partial charge in [-0.1, -0.05) is 42.6 Å². The summed E-state index contributed by atoms with van der Waals surface area (Å²) in [4.78, 5) is 36.5. The van der Waals surface area contributed by atoms with E-state index in [9.17, 15) is 9.59 Å².